The fourth-order valence-corrected chi connectivity index (χ4v) is 2.59. The van der Waals surface area contributed by atoms with Crippen molar-refractivity contribution in [3.63, 3.8) is 0 Å². The lowest BCUT2D eigenvalue weighted by molar-refractivity contribution is -0.119. The third-order valence-corrected chi connectivity index (χ3v) is 4.03. The fourth-order valence-electron chi connectivity index (χ4n) is 1.73. The summed E-state index contributed by atoms with van der Waals surface area (Å²) in [6, 6.07) is 7.42. The van der Waals surface area contributed by atoms with E-state index in [9.17, 15) is 9.59 Å². The minimum atomic E-state index is -0.132. The molecular weight excluding hydrogens is 298 g/mol. The van der Waals surface area contributed by atoms with Gasteiger partial charge in [-0.05, 0) is 38.4 Å². The molecule has 4 N–H and O–H groups in total. The van der Waals surface area contributed by atoms with Crippen molar-refractivity contribution in [3.05, 3.63) is 29.8 Å². The molecule has 0 aliphatic heterocycles. The van der Waals surface area contributed by atoms with Crippen LogP contribution in [0.4, 0.5) is 0 Å². The van der Waals surface area contributed by atoms with Gasteiger partial charge in [0.25, 0.3) is 5.91 Å². The largest absolute Gasteiger partial charge is 0.353 e. The summed E-state index contributed by atoms with van der Waals surface area (Å²) in [7, 11) is 0. The second-order valence-corrected chi connectivity index (χ2v) is 6.58. The summed E-state index contributed by atoms with van der Waals surface area (Å²) in [5.74, 6) is 0.363. The maximum Gasteiger partial charge on any atom is 0.252 e. The van der Waals surface area contributed by atoms with E-state index >= 15 is 0 Å². The quantitative estimate of drug-likeness (QED) is 0.635. The third-order valence-electron chi connectivity index (χ3n) is 2.95. The Labute approximate surface area is 136 Å². The lowest BCUT2D eigenvalue weighted by Gasteiger charge is -2.13. The molecule has 6 heteroatoms. The molecule has 0 spiro atoms. The number of hydrogen-bond donors (Lipinski definition) is 3. The fraction of sp³-hybridized carbons (Fsp3) is 0.500. The van der Waals surface area contributed by atoms with Gasteiger partial charge in [-0.25, -0.2) is 0 Å². The smallest absolute Gasteiger partial charge is 0.252 e. The van der Waals surface area contributed by atoms with E-state index in [4.69, 9.17) is 5.73 Å². The molecule has 122 valence electrons. The summed E-state index contributed by atoms with van der Waals surface area (Å²) in [6.07, 6.45) is 0. The molecule has 1 rings (SSSR count). The average Bonchev–Trinajstić information content (AvgIpc) is 2.49. The molecule has 0 heterocycles. The van der Waals surface area contributed by atoms with Crippen molar-refractivity contribution in [1.82, 2.24) is 10.6 Å². The van der Waals surface area contributed by atoms with Crippen LogP contribution < -0.4 is 16.4 Å². The SMILES string of the molecule is CC(CN)CNC(=O)c1ccccc1SCC(=O)NC(C)C. The number of rotatable bonds is 8. The zero-order valence-corrected chi connectivity index (χ0v) is 14.2. The molecule has 1 unspecified atom stereocenters. The van der Waals surface area contributed by atoms with Crippen LogP contribution in [0, 0.1) is 5.92 Å². The van der Waals surface area contributed by atoms with Crippen LogP contribution in [0.15, 0.2) is 29.2 Å². The van der Waals surface area contributed by atoms with Gasteiger partial charge < -0.3 is 16.4 Å². The summed E-state index contributed by atoms with van der Waals surface area (Å²) in [5, 5.41) is 5.71. The first-order valence-corrected chi connectivity index (χ1v) is 8.42. The van der Waals surface area contributed by atoms with Gasteiger partial charge in [-0.3, -0.25) is 9.59 Å². The van der Waals surface area contributed by atoms with Crippen LogP contribution in [0.3, 0.4) is 0 Å². The predicted molar refractivity (Wildman–Crippen MR) is 91.0 cm³/mol. The molecule has 0 saturated carbocycles. The summed E-state index contributed by atoms with van der Waals surface area (Å²) >= 11 is 1.37. The summed E-state index contributed by atoms with van der Waals surface area (Å²) in [5.41, 5.74) is 6.14. The lowest BCUT2D eigenvalue weighted by atomic mass is 10.1. The van der Waals surface area contributed by atoms with Crippen LogP contribution in [0.2, 0.25) is 0 Å². The monoisotopic (exact) mass is 323 g/mol. The summed E-state index contributed by atoms with van der Waals surface area (Å²) in [6.45, 7) is 6.90. The highest BCUT2D eigenvalue weighted by Crippen LogP contribution is 2.22. The highest BCUT2D eigenvalue weighted by Gasteiger charge is 2.13. The molecule has 22 heavy (non-hydrogen) atoms. The average molecular weight is 323 g/mol. The molecule has 1 aromatic carbocycles. The summed E-state index contributed by atoms with van der Waals surface area (Å²) in [4.78, 5) is 24.8. The highest BCUT2D eigenvalue weighted by molar-refractivity contribution is 8.00. The van der Waals surface area contributed by atoms with Crippen LogP contribution in [-0.2, 0) is 4.79 Å². The number of benzene rings is 1. The van der Waals surface area contributed by atoms with E-state index in [1.54, 1.807) is 6.07 Å². The third kappa shape index (κ3) is 6.49. The van der Waals surface area contributed by atoms with Gasteiger partial charge in [-0.2, -0.15) is 0 Å². The maximum atomic E-state index is 12.2. The van der Waals surface area contributed by atoms with Crippen molar-refractivity contribution in [1.29, 1.82) is 0 Å². The first kappa shape index (κ1) is 18.5. The number of nitrogens with one attached hydrogen (secondary N) is 2. The Bertz CT molecular complexity index is 506. The first-order valence-electron chi connectivity index (χ1n) is 7.43. The van der Waals surface area contributed by atoms with E-state index in [1.807, 2.05) is 39.0 Å². The van der Waals surface area contributed by atoms with Crippen LogP contribution in [0.1, 0.15) is 31.1 Å². The van der Waals surface area contributed by atoms with Crippen LogP contribution in [0.25, 0.3) is 0 Å². The van der Waals surface area contributed by atoms with E-state index in [2.05, 4.69) is 10.6 Å². The molecule has 0 aliphatic carbocycles. The van der Waals surface area contributed by atoms with Crippen molar-refractivity contribution in [3.8, 4) is 0 Å². The second kappa shape index (κ2) is 9.48. The van der Waals surface area contributed by atoms with Gasteiger partial charge in [0.2, 0.25) is 5.91 Å². The zero-order chi connectivity index (χ0) is 16.5. The Balaban J connectivity index is 2.65. The Morgan fingerprint density at radius 2 is 1.91 bits per heavy atom. The molecule has 5 nitrogen and oxygen atoms in total. The van der Waals surface area contributed by atoms with Gasteiger partial charge in [0.05, 0.1) is 11.3 Å². The van der Waals surface area contributed by atoms with Crippen LogP contribution in [0.5, 0.6) is 0 Å². The molecule has 0 bridgehead atoms. The van der Waals surface area contributed by atoms with Crippen molar-refractivity contribution in [2.24, 2.45) is 11.7 Å². The van der Waals surface area contributed by atoms with Gasteiger partial charge in [0.1, 0.15) is 0 Å². The van der Waals surface area contributed by atoms with E-state index in [0.717, 1.165) is 4.90 Å². The standard InChI is InChI=1S/C16H25N3O2S/c1-11(2)19-15(20)10-22-14-7-5-4-6-13(14)16(21)18-9-12(3)8-17/h4-7,11-12H,8-10,17H2,1-3H3,(H,18,21)(H,19,20). The van der Waals surface area contributed by atoms with Crippen molar-refractivity contribution < 1.29 is 9.59 Å². The molecule has 0 aliphatic rings. The Morgan fingerprint density at radius 1 is 1.23 bits per heavy atom. The molecular formula is C16H25N3O2S. The Morgan fingerprint density at radius 3 is 2.55 bits per heavy atom. The minimum Gasteiger partial charge on any atom is -0.353 e. The molecule has 1 aromatic rings. The van der Waals surface area contributed by atoms with Gasteiger partial charge in [0.15, 0.2) is 0 Å². The van der Waals surface area contributed by atoms with Crippen LogP contribution in [-0.4, -0.2) is 36.7 Å². The van der Waals surface area contributed by atoms with Crippen molar-refractivity contribution >= 4 is 23.6 Å². The zero-order valence-electron chi connectivity index (χ0n) is 13.4. The number of amides is 2. The van der Waals surface area contributed by atoms with Crippen molar-refractivity contribution in [2.45, 2.75) is 31.7 Å². The summed E-state index contributed by atoms with van der Waals surface area (Å²) < 4.78 is 0. The maximum absolute atomic E-state index is 12.2. The van der Waals surface area contributed by atoms with E-state index in [-0.39, 0.29) is 23.8 Å². The van der Waals surface area contributed by atoms with E-state index in [0.29, 0.717) is 24.4 Å². The topological polar surface area (TPSA) is 84.2 Å². The predicted octanol–water partition coefficient (Wildman–Crippen LogP) is 1.63. The van der Waals surface area contributed by atoms with Crippen molar-refractivity contribution in [2.75, 3.05) is 18.8 Å². The van der Waals surface area contributed by atoms with Gasteiger partial charge >= 0.3 is 0 Å². The lowest BCUT2D eigenvalue weighted by Crippen LogP contribution is -2.32. The van der Waals surface area contributed by atoms with E-state index in [1.165, 1.54) is 11.8 Å². The Hall–Kier alpha value is -1.53. The minimum absolute atomic E-state index is 0.0352. The number of thioether (sulfide) groups is 1. The number of hydrogen-bond acceptors (Lipinski definition) is 4. The van der Waals surface area contributed by atoms with Crippen LogP contribution >= 0.6 is 11.8 Å². The van der Waals surface area contributed by atoms with Gasteiger partial charge in [-0.1, -0.05) is 19.1 Å². The Kier molecular flexibility index (Phi) is 7.98. The normalized spacial score (nSPS) is 12.0. The molecule has 1 atom stereocenters. The molecule has 0 fully saturated rings. The molecule has 0 radical (unpaired) electrons. The first-order chi connectivity index (χ1) is 10.4. The number of carbonyl (C=O) groups is 2. The highest BCUT2D eigenvalue weighted by atomic mass is 32.2. The second-order valence-electron chi connectivity index (χ2n) is 5.56. The number of nitrogens with two attached hydrogens (primary N) is 1. The molecule has 0 saturated heterocycles. The van der Waals surface area contributed by atoms with E-state index < -0.39 is 0 Å². The number of carbonyl (C=O) groups excluding carboxylic acids is 2. The molecule has 2 amide bonds. The van der Waals surface area contributed by atoms with Gasteiger partial charge in [0, 0.05) is 17.5 Å². The molecule has 0 aromatic heterocycles. The van der Waals surface area contributed by atoms with Gasteiger partial charge in [-0.15, -0.1) is 11.8 Å².